The Labute approximate surface area is 94.3 Å². The minimum atomic E-state index is 0.804. The van der Waals surface area contributed by atoms with Crippen molar-refractivity contribution in [3.05, 3.63) is 24.3 Å². The van der Waals surface area contributed by atoms with Crippen molar-refractivity contribution in [2.24, 2.45) is 0 Å². The van der Waals surface area contributed by atoms with E-state index in [1.54, 1.807) is 6.08 Å². The molecule has 1 nitrogen and oxygen atoms in total. The zero-order chi connectivity index (χ0) is 11.2. The molecule has 0 spiro atoms. The van der Waals surface area contributed by atoms with Gasteiger partial charge in [0.2, 0.25) is 0 Å². The lowest BCUT2D eigenvalue weighted by Crippen LogP contribution is -1.78. The first kappa shape index (κ1) is 14.2. The molecule has 0 radical (unpaired) electrons. The number of carbonyl (C=O) groups excluding carboxylic acids is 1. The van der Waals surface area contributed by atoms with Crippen LogP contribution in [0.25, 0.3) is 0 Å². The quantitative estimate of drug-likeness (QED) is 0.224. The number of rotatable bonds is 10. The molecule has 0 heterocycles. The van der Waals surface area contributed by atoms with Gasteiger partial charge in [0.1, 0.15) is 6.29 Å². The van der Waals surface area contributed by atoms with Gasteiger partial charge in [-0.2, -0.15) is 0 Å². The highest BCUT2D eigenvalue weighted by Crippen LogP contribution is 2.08. The van der Waals surface area contributed by atoms with Crippen LogP contribution in [0.1, 0.15) is 58.3 Å². The van der Waals surface area contributed by atoms with E-state index in [1.165, 1.54) is 51.0 Å². The highest BCUT2D eigenvalue weighted by molar-refractivity contribution is 5.65. The van der Waals surface area contributed by atoms with Gasteiger partial charge in [0, 0.05) is 0 Å². The fourth-order valence-electron chi connectivity index (χ4n) is 1.50. The Morgan fingerprint density at radius 2 is 1.47 bits per heavy atom. The van der Waals surface area contributed by atoms with Gasteiger partial charge in [-0.05, 0) is 18.9 Å². The van der Waals surface area contributed by atoms with Crippen molar-refractivity contribution in [2.45, 2.75) is 58.3 Å². The van der Waals surface area contributed by atoms with E-state index in [9.17, 15) is 4.79 Å². The van der Waals surface area contributed by atoms with Gasteiger partial charge in [-0.25, -0.2) is 0 Å². The Morgan fingerprint density at radius 3 is 2.13 bits per heavy atom. The number of aldehydes is 1. The van der Waals surface area contributed by atoms with Crippen LogP contribution < -0.4 is 0 Å². The number of carbonyl (C=O) groups is 1. The third-order valence-electron chi connectivity index (χ3n) is 2.41. The summed E-state index contributed by atoms with van der Waals surface area (Å²) in [7, 11) is 0. The fraction of sp³-hybridized carbons (Fsp3) is 0.643. The molecule has 0 N–H and O–H groups in total. The number of hydrogen-bond donors (Lipinski definition) is 0. The van der Waals surface area contributed by atoms with Gasteiger partial charge in [-0.3, -0.25) is 4.79 Å². The maximum absolute atomic E-state index is 9.94. The third kappa shape index (κ3) is 13.2. The predicted molar refractivity (Wildman–Crippen MR) is 67.0 cm³/mol. The Kier molecular flexibility index (Phi) is 12.4. The molecule has 0 aromatic heterocycles. The van der Waals surface area contributed by atoms with Crippen molar-refractivity contribution in [3.8, 4) is 0 Å². The molecule has 0 aliphatic carbocycles. The van der Waals surface area contributed by atoms with Crippen molar-refractivity contribution >= 4 is 6.29 Å². The molecule has 0 fully saturated rings. The highest BCUT2D eigenvalue weighted by Gasteiger charge is 1.88. The molecule has 0 aromatic rings. The van der Waals surface area contributed by atoms with Crippen molar-refractivity contribution in [1.82, 2.24) is 0 Å². The average Bonchev–Trinajstić information content (AvgIpc) is 2.26. The van der Waals surface area contributed by atoms with Crippen molar-refractivity contribution in [3.63, 3.8) is 0 Å². The Bertz CT molecular complexity index is 180. The summed E-state index contributed by atoms with van der Waals surface area (Å²) in [5.74, 6) is 0. The molecule has 0 amide bonds. The first-order valence-electron chi connectivity index (χ1n) is 6.18. The molecule has 0 bridgehead atoms. The van der Waals surface area contributed by atoms with Crippen LogP contribution in [-0.4, -0.2) is 6.29 Å². The van der Waals surface area contributed by atoms with Gasteiger partial charge in [0.25, 0.3) is 0 Å². The van der Waals surface area contributed by atoms with Gasteiger partial charge in [-0.15, -0.1) is 0 Å². The van der Waals surface area contributed by atoms with Crippen LogP contribution in [0.4, 0.5) is 0 Å². The molecule has 0 aliphatic heterocycles. The molecule has 15 heavy (non-hydrogen) atoms. The summed E-state index contributed by atoms with van der Waals surface area (Å²) in [5, 5.41) is 0. The van der Waals surface area contributed by atoms with E-state index in [1.807, 2.05) is 6.08 Å². The lowest BCUT2D eigenvalue weighted by Gasteiger charge is -1.98. The Morgan fingerprint density at radius 1 is 0.800 bits per heavy atom. The SMILES string of the molecule is CCCCCCCCCC=C/C=C/C=O. The van der Waals surface area contributed by atoms with Crippen molar-refractivity contribution < 1.29 is 4.79 Å². The third-order valence-corrected chi connectivity index (χ3v) is 2.41. The minimum absolute atomic E-state index is 0.804. The Balaban J connectivity index is 3.07. The summed E-state index contributed by atoms with van der Waals surface area (Å²) in [6.45, 7) is 2.25. The number of unbranched alkanes of at least 4 members (excludes halogenated alkanes) is 7. The molecule has 0 unspecified atom stereocenters. The van der Waals surface area contributed by atoms with Gasteiger partial charge in [-0.1, -0.05) is 63.7 Å². The summed E-state index contributed by atoms with van der Waals surface area (Å²) in [5.41, 5.74) is 0. The molecular weight excluding hydrogens is 184 g/mol. The molecule has 0 atom stereocenters. The van der Waals surface area contributed by atoms with Crippen LogP contribution in [0.2, 0.25) is 0 Å². The normalized spacial score (nSPS) is 11.5. The van der Waals surface area contributed by atoms with E-state index in [0.717, 1.165) is 12.7 Å². The van der Waals surface area contributed by atoms with E-state index in [4.69, 9.17) is 0 Å². The number of allylic oxidation sites excluding steroid dienone is 4. The van der Waals surface area contributed by atoms with E-state index >= 15 is 0 Å². The van der Waals surface area contributed by atoms with Crippen LogP contribution >= 0.6 is 0 Å². The van der Waals surface area contributed by atoms with Crippen LogP contribution in [0.5, 0.6) is 0 Å². The average molecular weight is 208 g/mol. The van der Waals surface area contributed by atoms with Gasteiger partial charge >= 0.3 is 0 Å². The first-order chi connectivity index (χ1) is 7.41. The molecule has 0 aliphatic rings. The fourth-order valence-corrected chi connectivity index (χ4v) is 1.50. The monoisotopic (exact) mass is 208 g/mol. The molecule has 86 valence electrons. The lowest BCUT2D eigenvalue weighted by molar-refractivity contribution is -0.104. The van der Waals surface area contributed by atoms with Crippen LogP contribution in [0, 0.1) is 0 Å². The van der Waals surface area contributed by atoms with E-state index in [-0.39, 0.29) is 0 Å². The number of hydrogen-bond acceptors (Lipinski definition) is 1. The summed E-state index contributed by atoms with van der Waals surface area (Å²) in [6, 6.07) is 0. The second-order valence-electron chi connectivity index (χ2n) is 3.86. The predicted octanol–water partition coefficient (Wildman–Crippen LogP) is 4.44. The van der Waals surface area contributed by atoms with Crippen LogP contribution in [0.15, 0.2) is 24.3 Å². The van der Waals surface area contributed by atoms with Gasteiger partial charge in [0.05, 0.1) is 0 Å². The largest absolute Gasteiger partial charge is 0.299 e. The second-order valence-corrected chi connectivity index (χ2v) is 3.86. The second kappa shape index (κ2) is 13.2. The summed E-state index contributed by atoms with van der Waals surface area (Å²) in [6.07, 6.45) is 18.8. The van der Waals surface area contributed by atoms with E-state index in [0.29, 0.717) is 0 Å². The highest BCUT2D eigenvalue weighted by atomic mass is 16.1. The van der Waals surface area contributed by atoms with Crippen molar-refractivity contribution in [1.29, 1.82) is 0 Å². The molecule has 0 aromatic carbocycles. The topological polar surface area (TPSA) is 17.1 Å². The van der Waals surface area contributed by atoms with Gasteiger partial charge < -0.3 is 0 Å². The standard InChI is InChI=1S/C14H24O/c1-2-3-4-5-6-7-8-9-10-11-12-13-14-15/h10-14H,2-9H2,1H3/b11-10?,13-12+. The van der Waals surface area contributed by atoms with Crippen molar-refractivity contribution in [2.75, 3.05) is 0 Å². The Hall–Kier alpha value is -0.850. The summed E-state index contributed by atoms with van der Waals surface area (Å²) in [4.78, 5) is 9.94. The summed E-state index contributed by atoms with van der Waals surface area (Å²) < 4.78 is 0. The van der Waals surface area contributed by atoms with Crippen LogP contribution in [0.3, 0.4) is 0 Å². The first-order valence-corrected chi connectivity index (χ1v) is 6.18. The minimum Gasteiger partial charge on any atom is -0.299 e. The van der Waals surface area contributed by atoms with E-state index < -0.39 is 0 Å². The van der Waals surface area contributed by atoms with Crippen LogP contribution in [-0.2, 0) is 4.79 Å². The zero-order valence-corrected chi connectivity index (χ0v) is 9.95. The summed E-state index contributed by atoms with van der Waals surface area (Å²) >= 11 is 0. The smallest absolute Gasteiger partial charge is 0.142 e. The maximum atomic E-state index is 9.94. The molecule has 0 rings (SSSR count). The molecule has 0 saturated carbocycles. The lowest BCUT2D eigenvalue weighted by atomic mass is 10.1. The molecular formula is C14H24O. The zero-order valence-electron chi connectivity index (χ0n) is 9.95. The van der Waals surface area contributed by atoms with Gasteiger partial charge in [0.15, 0.2) is 0 Å². The molecule has 0 saturated heterocycles. The van der Waals surface area contributed by atoms with E-state index in [2.05, 4.69) is 13.0 Å². The molecule has 1 heteroatoms. The maximum Gasteiger partial charge on any atom is 0.142 e.